The number of nitrogens with one attached hydrogen (secondary N) is 2. The molecule has 70 valence electrons. The molecule has 5 nitrogen and oxygen atoms in total. The van der Waals surface area contributed by atoms with Gasteiger partial charge in [0.1, 0.15) is 5.69 Å². The third-order valence-electron chi connectivity index (χ3n) is 2.34. The van der Waals surface area contributed by atoms with Crippen molar-refractivity contribution in [2.24, 2.45) is 0 Å². The summed E-state index contributed by atoms with van der Waals surface area (Å²) in [5, 5.41) is 3.13. The molecule has 0 saturated heterocycles. The molecule has 0 radical (unpaired) electrons. The molecule has 0 aromatic carbocycles. The van der Waals surface area contributed by atoms with E-state index in [4.69, 9.17) is 5.73 Å². The van der Waals surface area contributed by atoms with Crippen molar-refractivity contribution in [1.29, 1.82) is 0 Å². The van der Waals surface area contributed by atoms with Crippen molar-refractivity contribution in [3.05, 3.63) is 16.7 Å². The molecule has 1 aromatic heterocycles. The quantitative estimate of drug-likeness (QED) is 0.611. The molecule has 1 aliphatic rings. The maximum absolute atomic E-state index is 11.1. The number of aromatic amines is 1. The first-order valence-electron chi connectivity index (χ1n) is 4.37. The van der Waals surface area contributed by atoms with Crippen LogP contribution in [-0.4, -0.2) is 16.0 Å². The zero-order valence-electron chi connectivity index (χ0n) is 7.21. The van der Waals surface area contributed by atoms with Crippen molar-refractivity contribution in [3.63, 3.8) is 0 Å². The van der Waals surface area contributed by atoms with E-state index in [1.807, 2.05) is 0 Å². The molecule has 0 amide bonds. The average molecular weight is 180 g/mol. The second kappa shape index (κ2) is 3.08. The van der Waals surface area contributed by atoms with E-state index in [1.54, 1.807) is 0 Å². The number of nitrogens with two attached hydrogens (primary N) is 1. The number of rotatable bonds is 2. The van der Waals surface area contributed by atoms with Gasteiger partial charge in [-0.3, -0.25) is 4.79 Å². The molecule has 4 N–H and O–H groups in total. The fourth-order valence-corrected chi connectivity index (χ4v) is 1.27. The highest BCUT2D eigenvalue weighted by molar-refractivity contribution is 5.59. The van der Waals surface area contributed by atoms with Crippen molar-refractivity contribution in [3.8, 4) is 0 Å². The second-order valence-electron chi connectivity index (χ2n) is 3.27. The van der Waals surface area contributed by atoms with Crippen LogP contribution in [0.2, 0.25) is 0 Å². The summed E-state index contributed by atoms with van der Waals surface area (Å²) in [5.74, 6) is 0.508. The normalized spacial score (nSPS) is 16.6. The number of nitrogen functional groups attached to an aromatic ring is 1. The Labute approximate surface area is 75.4 Å². The number of H-pyrrole nitrogens is 1. The SMILES string of the molecule is Nc1c(NC2CCC2)nc[nH]c1=O. The van der Waals surface area contributed by atoms with Crippen LogP contribution in [0.1, 0.15) is 19.3 Å². The Balaban J connectivity index is 2.19. The van der Waals surface area contributed by atoms with Gasteiger partial charge in [-0.1, -0.05) is 0 Å². The molecule has 0 bridgehead atoms. The third-order valence-corrected chi connectivity index (χ3v) is 2.34. The van der Waals surface area contributed by atoms with Gasteiger partial charge < -0.3 is 16.0 Å². The van der Waals surface area contributed by atoms with Gasteiger partial charge in [-0.05, 0) is 19.3 Å². The molecule has 1 saturated carbocycles. The van der Waals surface area contributed by atoms with Crippen molar-refractivity contribution in [1.82, 2.24) is 9.97 Å². The highest BCUT2D eigenvalue weighted by atomic mass is 16.1. The minimum Gasteiger partial charge on any atom is -0.391 e. The molecule has 0 aliphatic heterocycles. The van der Waals surface area contributed by atoms with Crippen molar-refractivity contribution < 1.29 is 0 Å². The fraction of sp³-hybridized carbons (Fsp3) is 0.500. The smallest absolute Gasteiger partial charge is 0.276 e. The van der Waals surface area contributed by atoms with E-state index in [-0.39, 0.29) is 11.2 Å². The number of hydrogen-bond donors (Lipinski definition) is 3. The number of hydrogen-bond acceptors (Lipinski definition) is 4. The van der Waals surface area contributed by atoms with Crippen molar-refractivity contribution in [2.75, 3.05) is 11.1 Å². The highest BCUT2D eigenvalue weighted by Crippen LogP contribution is 2.23. The lowest BCUT2D eigenvalue weighted by molar-refractivity contribution is 0.444. The van der Waals surface area contributed by atoms with Gasteiger partial charge >= 0.3 is 0 Å². The maximum atomic E-state index is 11.1. The topological polar surface area (TPSA) is 83.8 Å². The Kier molecular flexibility index (Phi) is 1.92. The third kappa shape index (κ3) is 1.49. The van der Waals surface area contributed by atoms with Gasteiger partial charge in [0, 0.05) is 6.04 Å². The van der Waals surface area contributed by atoms with E-state index in [2.05, 4.69) is 15.3 Å². The zero-order valence-corrected chi connectivity index (χ0v) is 7.21. The van der Waals surface area contributed by atoms with E-state index in [0.29, 0.717) is 11.9 Å². The standard InChI is InChI=1S/C8H12N4O/c9-6-7(10-4-11-8(6)13)12-5-2-1-3-5/h4-5H,1-3,9H2,(H2,10,11,12,13). The van der Waals surface area contributed by atoms with E-state index in [0.717, 1.165) is 12.8 Å². The van der Waals surface area contributed by atoms with Gasteiger partial charge in [-0.2, -0.15) is 0 Å². The highest BCUT2D eigenvalue weighted by Gasteiger charge is 2.18. The molecule has 0 atom stereocenters. The molecule has 0 spiro atoms. The van der Waals surface area contributed by atoms with Gasteiger partial charge in [-0.15, -0.1) is 0 Å². The zero-order chi connectivity index (χ0) is 9.26. The van der Waals surface area contributed by atoms with Gasteiger partial charge in [0.05, 0.1) is 6.33 Å². The fourth-order valence-electron chi connectivity index (χ4n) is 1.27. The van der Waals surface area contributed by atoms with Crippen molar-refractivity contribution in [2.45, 2.75) is 25.3 Å². The van der Waals surface area contributed by atoms with E-state index >= 15 is 0 Å². The molecule has 5 heteroatoms. The first kappa shape index (κ1) is 8.10. The molecule has 1 aliphatic carbocycles. The molecule has 1 heterocycles. The minimum absolute atomic E-state index is 0.175. The van der Waals surface area contributed by atoms with E-state index in [9.17, 15) is 4.79 Å². The molecule has 2 rings (SSSR count). The number of anilines is 2. The largest absolute Gasteiger partial charge is 0.391 e. The van der Waals surface area contributed by atoms with E-state index in [1.165, 1.54) is 12.7 Å². The monoisotopic (exact) mass is 180 g/mol. The molecule has 13 heavy (non-hydrogen) atoms. The molecule has 1 aromatic rings. The summed E-state index contributed by atoms with van der Waals surface area (Å²) in [6.45, 7) is 0. The van der Waals surface area contributed by atoms with Crippen LogP contribution in [0.4, 0.5) is 11.5 Å². The summed E-state index contributed by atoms with van der Waals surface area (Å²) in [4.78, 5) is 17.5. The van der Waals surface area contributed by atoms with Crippen LogP contribution >= 0.6 is 0 Å². The predicted octanol–water partition coefficient (Wildman–Crippen LogP) is 0.317. The van der Waals surface area contributed by atoms with Gasteiger partial charge in [0.25, 0.3) is 5.56 Å². The summed E-state index contributed by atoms with van der Waals surface area (Å²) in [6, 6.07) is 0.441. The Bertz CT molecular complexity index is 355. The summed E-state index contributed by atoms with van der Waals surface area (Å²) in [5.41, 5.74) is 5.44. The summed E-state index contributed by atoms with van der Waals surface area (Å²) >= 11 is 0. The van der Waals surface area contributed by atoms with Gasteiger partial charge in [0.2, 0.25) is 0 Å². The van der Waals surface area contributed by atoms with Crippen LogP contribution in [0.15, 0.2) is 11.1 Å². The average Bonchev–Trinajstić information content (AvgIpc) is 2.04. The lowest BCUT2D eigenvalue weighted by Gasteiger charge is -2.27. The Morgan fingerprint density at radius 1 is 1.62 bits per heavy atom. The first-order chi connectivity index (χ1) is 6.27. The first-order valence-corrected chi connectivity index (χ1v) is 4.37. The number of aromatic nitrogens is 2. The Morgan fingerprint density at radius 3 is 3.00 bits per heavy atom. The maximum Gasteiger partial charge on any atom is 0.276 e. The Morgan fingerprint density at radius 2 is 2.38 bits per heavy atom. The van der Waals surface area contributed by atoms with Gasteiger partial charge in [-0.25, -0.2) is 4.98 Å². The summed E-state index contributed by atoms with van der Waals surface area (Å²) < 4.78 is 0. The van der Waals surface area contributed by atoms with Crippen LogP contribution in [0, 0.1) is 0 Å². The van der Waals surface area contributed by atoms with Crippen LogP contribution in [0.5, 0.6) is 0 Å². The predicted molar refractivity (Wildman–Crippen MR) is 50.5 cm³/mol. The lowest BCUT2D eigenvalue weighted by Crippen LogP contribution is -2.29. The number of nitrogens with zero attached hydrogens (tertiary/aromatic N) is 1. The minimum atomic E-state index is -0.281. The van der Waals surface area contributed by atoms with Crippen LogP contribution < -0.4 is 16.6 Å². The van der Waals surface area contributed by atoms with Crippen LogP contribution in [0.3, 0.4) is 0 Å². The van der Waals surface area contributed by atoms with E-state index < -0.39 is 0 Å². The molecular formula is C8H12N4O. The molecular weight excluding hydrogens is 168 g/mol. The van der Waals surface area contributed by atoms with Crippen LogP contribution in [-0.2, 0) is 0 Å². The Hall–Kier alpha value is -1.52. The second-order valence-corrected chi connectivity index (χ2v) is 3.27. The van der Waals surface area contributed by atoms with Crippen molar-refractivity contribution >= 4 is 11.5 Å². The summed E-state index contributed by atoms with van der Waals surface area (Å²) in [6.07, 6.45) is 4.86. The van der Waals surface area contributed by atoms with Crippen LogP contribution in [0.25, 0.3) is 0 Å². The molecule has 1 fully saturated rings. The van der Waals surface area contributed by atoms with Gasteiger partial charge in [0.15, 0.2) is 5.82 Å². The summed E-state index contributed by atoms with van der Waals surface area (Å²) in [7, 11) is 0. The lowest BCUT2D eigenvalue weighted by atomic mass is 9.93. The molecule has 0 unspecified atom stereocenters.